The zero-order valence-corrected chi connectivity index (χ0v) is 4.70. The minimum Gasteiger partial charge on any atom is -0.384 e. The molecule has 0 aliphatic rings. The first-order valence-electron chi connectivity index (χ1n) is 2.64. The highest BCUT2D eigenvalue weighted by molar-refractivity contribution is 5.52. The third-order valence-corrected chi connectivity index (χ3v) is 1.21. The Hall–Kier alpha value is -1.45. The second kappa shape index (κ2) is 1.28. The van der Waals surface area contributed by atoms with Crippen LogP contribution < -0.4 is 5.73 Å². The van der Waals surface area contributed by atoms with Crippen LogP contribution >= 0.6 is 0 Å². The van der Waals surface area contributed by atoms with E-state index in [2.05, 4.69) is 10.2 Å². The number of nitrogens with one attached hydrogen (secondary N) is 1. The molecule has 0 radical (unpaired) electrons. The van der Waals surface area contributed by atoms with E-state index in [4.69, 9.17) is 5.73 Å². The van der Waals surface area contributed by atoms with Gasteiger partial charge in [-0.3, -0.25) is 5.10 Å². The first kappa shape index (κ1) is 4.43. The van der Waals surface area contributed by atoms with E-state index in [1.54, 1.807) is 10.8 Å². The fourth-order valence-corrected chi connectivity index (χ4v) is 0.830. The summed E-state index contributed by atoms with van der Waals surface area (Å²) in [5.74, 6) is 0.637. The van der Waals surface area contributed by atoms with Gasteiger partial charge in [0.25, 0.3) is 0 Å². The van der Waals surface area contributed by atoms with Gasteiger partial charge in [0.05, 0.1) is 11.7 Å². The fraction of sp³-hybridized carbons (Fsp3) is 0. The maximum Gasteiger partial charge on any atom is 0.119 e. The predicted octanol–water partition coefficient (Wildman–Crippen LogP) is 0.245. The summed E-state index contributed by atoms with van der Waals surface area (Å²) in [4.78, 5) is 0. The summed E-state index contributed by atoms with van der Waals surface area (Å²) in [5.41, 5.74) is 6.41. The lowest BCUT2D eigenvalue weighted by molar-refractivity contribution is 0.826. The van der Waals surface area contributed by atoms with E-state index >= 15 is 0 Å². The molecule has 4 nitrogen and oxygen atoms in total. The van der Waals surface area contributed by atoms with E-state index in [-0.39, 0.29) is 0 Å². The monoisotopic (exact) mass is 122 g/mol. The second-order valence-corrected chi connectivity index (χ2v) is 1.88. The van der Waals surface area contributed by atoms with E-state index in [1.807, 2.05) is 12.1 Å². The van der Waals surface area contributed by atoms with Crippen molar-refractivity contribution in [1.82, 2.24) is 14.8 Å². The number of nitrogens with zero attached hydrogens (tertiary/aromatic N) is 2. The molecular weight excluding hydrogens is 116 g/mol. The quantitative estimate of drug-likeness (QED) is 0.526. The average Bonchev–Trinajstić information content (AvgIpc) is 2.22. The summed E-state index contributed by atoms with van der Waals surface area (Å²) in [6, 6.07) is 3.71. The van der Waals surface area contributed by atoms with Gasteiger partial charge in [0, 0.05) is 6.07 Å². The topological polar surface area (TPSA) is 59.1 Å². The molecule has 9 heavy (non-hydrogen) atoms. The number of aromatic nitrogens is 3. The van der Waals surface area contributed by atoms with Crippen LogP contribution in [0.5, 0.6) is 0 Å². The van der Waals surface area contributed by atoms with E-state index in [9.17, 15) is 0 Å². The SMILES string of the molecule is Nc1cc2ccnn2[nH]1. The Morgan fingerprint density at radius 3 is 3.33 bits per heavy atom. The summed E-state index contributed by atoms with van der Waals surface area (Å²) in [6.45, 7) is 0. The normalized spacial score (nSPS) is 10.7. The summed E-state index contributed by atoms with van der Waals surface area (Å²) < 4.78 is 1.62. The molecule has 2 aromatic rings. The number of nitrogens with two attached hydrogens (primary N) is 1. The lowest BCUT2D eigenvalue weighted by Crippen LogP contribution is -1.88. The molecule has 2 aromatic heterocycles. The van der Waals surface area contributed by atoms with Crippen LogP contribution in [0.25, 0.3) is 5.52 Å². The van der Waals surface area contributed by atoms with Crippen molar-refractivity contribution < 1.29 is 0 Å². The lowest BCUT2D eigenvalue weighted by atomic mass is 10.5. The van der Waals surface area contributed by atoms with E-state index in [0.29, 0.717) is 5.82 Å². The van der Waals surface area contributed by atoms with Crippen LogP contribution in [-0.2, 0) is 0 Å². The number of aromatic amines is 1. The molecule has 0 saturated heterocycles. The molecule has 0 amide bonds. The largest absolute Gasteiger partial charge is 0.384 e. The second-order valence-electron chi connectivity index (χ2n) is 1.88. The minimum absolute atomic E-state index is 0.637. The van der Waals surface area contributed by atoms with Crippen molar-refractivity contribution >= 4 is 11.3 Å². The van der Waals surface area contributed by atoms with E-state index < -0.39 is 0 Å². The molecular formula is C5H6N4. The van der Waals surface area contributed by atoms with Gasteiger partial charge in [0.1, 0.15) is 5.82 Å². The molecule has 0 spiro atoms. The number of rotatable bonds is 0. The summed E-state index contributed by atoms with van der Waals surface area (Å²) >= 11 is 0. The highest BCUT2D eigenvalue weighted by Gasteiger charge is 1.93. The van der Waals surface area contributed by atoms with E-state index in [1.165, 1.54) is 0 Å². The Morgan fingerprint density at radius 2 is 2.56 bits per heavy atom. The molecule has 0 bridgehead atoms. The highest BCUT2D eigenvalue weighted by Crippen LogP contribution is 2.04. The Bertz CT molecular complexity index is 290. The van der Waals surface area contributed by atoms with Crippen LogP contribution in [0.2, 0.25) is 0 Å². The molecule has 0 aliphatic heterocycles. The zero-order valence-electron chi connectivity index (χ0n) is 4.70. The molecule has 0 fully saturated rings. The van der Waals surface area contributed by atoms with E-state index in [0.717, 1.165) is 5.52 Å². The minimum atomic E-state index is 0.637. The van der Waals surface area contributed by atoms with Gasteiger partial charge in [-0.2, -0.15) is 9.73 Å². The summed E-state index contributed by atoms with van der Waals surface area (Å²) in [6.07, 6.45) is 1.71. The summed E-state index contributed by atoms with van der Waals surface area (Å²) in [5, 5.41) is 6.74. The number of hydrogen-bond donors (Lipinski definition) is 2. The van der Waals surface area contributed by atoms with Crippen molar-refractivity contribution in [2.45, 2.75) is 0 Å². The number of hydrogen-bond acceptors (Lipinski definition) is 2. The number of nitrogen functional groups attached to an aromatic ring is 1. The number of fused-ring (bicyclic) bond motifs is 1. The first-order valence-corrected chi connectivity index (χ1v) is 2.64. The molecule has 3 N–H and O–H groups in total. The van der Waals surface area contributed by atoms with Gasteiger partial charge in [-0.15, -0.1) is 0 Å². The Kier molecular flexibility index (Phi) is 0.631. The highest BCUT2D eigenvalue weighted by atomic mass is 15.4. The molecule has 46 valence electrons. The van der Waals surface area contributed by atoms with Crippen LogP contribution in [-0.4, -0.2) is 14.8 Å². The maximum atomic E-state index is 5.42. The fourth-order valence-electron chi connectivity index (χ4n) is 0.830. The van der Waals surface area contributed by atoms with Gasteiger partial charge in [0.15, 0.2) is 0 Å². The van der Waals surface area contributed by atoms with Crippen molar-refractivity contribution in [3.8, 4) is 0 Å². The van der Waals surface area contributed by atoms with Gasteiger partial charge >= 0.3 is 0 Å². The first-order chi connectivity index (χ1) is 4.36. The number of anilines is 1. The molecule has 2 heterocycles. The van der Waals surface area contributed by atoms with Crippen LogP contribution in [0, 0.1) is 0 Å². The van der Waals surface area contributed by atoms with Gasteiger partial charge < -0.3 is 5.73 Å². The van der Waals surface area contributed by atoms with Crippen LogP contribution in [0.3, 0.4) is 0 Å². The van der Waals surface area contributed by atoms with Gasteiger partial charge in [-0.05, 0) is 6.07 Å². The summed E-state index contributed by atoms with van der Waals surface area (Å²) in [7, 11) is 0. The smallest absolute Gasteiger partial charge is 0.119 e. The Morgan fingerprint density at radius 1 is 1.67 bits per heavy atom. The lowest BCUT2D eigenvalue weighted by Gasteiger charge is -1.78. The third-order valence-electron chi connectivity index (χ3n) is 1.21. The molecule has 0 unspecified atom stereocenters. The molecule has 0 aliphatic carbocycles. The zero-order chi connectivity index (χ0) is 6.27. The molecule has 4 heteroatoms. The average molecular weight is 122 g/mol. The molecule has 0 saturated carbocycles. The van der Waals surface area contributed by atoms with Crippen molar-refractivity contribution in [2.75, 3.05) is 5.73 Å². The van der Waals surface area contributed by atoms with Crippen LogP contribution in [0.15, 0.2) is 18.3 Å². The van der Waals surface area contributed by atoms with Crippen LogP contribution in [0.4, 0.5) is 5.82 Å². The van der Waals surface area contributed by atoms with Crippen molar-refractivity contribution in [2.24, 2.45) is 0 Å². The predicted molar refractivity (Wildman–Crippen MR) is 34.0 cm³/mol. The van der Waals surface area contributed by atoms with Crippen LogP contribution in [0.1, 0.15) is 0 Å². The molecule has 0 atom stereocenters. The standard InChI is InChI=1S/C5H6N4/c6-5-3-4-1-2-7-9(4)8-5/h1-3,8H,6H2. The van der Waals surface area contributed by atoms with Crippen molar-refractivity contribution in [1.29, 1.82) is 0 Å². The van der Waals surface area contributed by atoms with Gasteiger partial charge in [-0.1, -0.05) is 0 Å². The van der Waals surface area contributed by atoms with Gasteiger partial charge in [0.2, 0.25) is 0 Å². The number of H-pyrrole nitrogens is 1. The van der Waals surface area contributed by atoms with Crippen molar-refractivity contribution in [3.05, 3.63) is 18.3 Å². The molecule has 0 aromatic carbocycles. The third kappa shape index (κ3) is 0.495. The van der Waals surface area contributed by atoms with Crippen molar-refractivity contribution in [3.63, 3.8) is 0 Å². The Balaban J connectivity index is 2.92. The van der Waals surface area contributed by atoms with Gasteiger partial charge in [-0.25, -0.2) is 0 Å². The molecule has 2 rings (SSSR count). The Labute approximate surface area is 51.3 Å². The maximum absolute atomic E-state index is 5.42.